The van der Waals surface area contributed by atoms with Crippen molar-refractivity contribution in [3.63, 3.8) is 0 Å². The zero-order chi connectivity index (χ0) is 19.3. The summed E-state index contributed by atoms with van der Waals surface area (Å²) in [6.07, 6.45) is 8.21. The van der Waals surface area contributed by atoms with Gasteiger partial charge in [-0.3, -0.25) is 9.59 Å². The Kier molecular flexibility index (Phi) is 4.37. The van der Waals surface area contributed by atoms with Crippen LogP contribution in [-0.2, 0) is 27.9 Å². The van der Waals surface area contributed by atoms with Crippen LogP contribution in [0.15, 0.2) is 24.5 Å². The number of hydrogen-bond acceptors (Lipinski definition) is 4. The molecule has 1 aromatic heterocycles. The summed E-state index contributed by atoms with van der Waals surface area (Å²) in [7, 11) is 3.68. The number of nitrogens with zero attached hydrogens (tertiary/aromatic N) is 4. The van der Waals surface area contributed by atoms with Crippen molar-refractivity contribution in [2.45, 2.75) is 38.5 Å². The standard InChI is InChI=1S/C20H28N4O3/c1-13(2)6-9-24-12-20-7-5-14(27-20)16(17(20)19(24)26)18(25)23(4)11-15-21-8-10-22(15)3/h5,7-8,10,13-14,16-17H,6,9,11-12H2,1-4H3/t14-,16-,17+,20-/m0/s1. The Bertz CT molecular complexity index is 786. The van der Waals surface area contributed by atoms with E-state index in [9.17, 15) is 9.59 Å². The van der Waals surface area contributed by atoms with Crippen LogP contribution in [0.3, 0.4) is 0 Å². The normalized spacial score (nSPS) is 31.2. The van der Waals surface area contributed by atoms with Crippen LogP contribution in [0.1, 0.15) is 26.1 Å². The molecule has 4 heterocycles. The summed E-state index contributed by atoms with van der Waals surface area (Å²) in [5, 5.41) is 0. The maximum Gasteiger partial charge on any atom is 0.230 e. The fraction of sp³-hybridized carbons (Fsp3) is 0.650. The maximum atomic E-state index is 13.2. The van der Waals surface area contributed by atoms with E-state index in [-0.39, 0.29) is 17.9 Å². The van der Waals surface area contributed by atoms with Gasteiger partial charge in [-0.2, -0.15) is 0 Å². The van der Waals surface area contributed by atoms with Gasteiger partial charge >= 0.3 is 0 Å². The average Bonchev–Trinajstić information content (AvgIpc) is 3.35. The molecule has 2 saturated heterocycles. The molecule has 1 spiro atoms. The first-order valence-electron chi connectivity index (χ1n) is 9.69. The first-order chi connectivity index (χ1) is 12.8. The lowest BCUT2D eigenvalue weighted by Gasteiger charge is -2.27. The van der Waals surface area contributed by atoms with Crippen molar-refractivity contribution in [2.24, 2.45) is 24.8 Å². The molecule has 146 valence electrons. The Hall–Kier alpha value is -2.15. The molecule has 2 fully saturated rings. The molecule has 0 aromatic carbocycles. The van der Waals surface area contributed by atoms with E-state index in [4.69, 9.17) is 4.74 Å². The first-order valence-corrected chi connectivity index (χ1v) is 9.69. The van der Waals surface area contributed by atoms with Gasteiger partial charge < -0.3 is 19.1 Å². The molecular formula is C20H28N4O3. The smallest absolute Gasteiger partial charge is 0.230 e. The van der Waals surface area contributed by atoms with Crippen LogP contribution in [0.2, 0.25) is 0 Å². The van der Waals surface area contributed by atoms with Crippen molar-refractivity contribution >= 4 is 11.8 Å². The van der Waals surface area contributed by atoms with Gasteiger partial charge in [0.2, 0.25) is 11.8 Å². The molecule has 4 atom stereocenters. The van der Waals surface area contributed by atoms with Crippen LogP contribution >= 0.6 is 0 Å². The van der Waals surface area contributed by atoms with Crippen LogP contribution in [0.5, 0.6) is 0 Å². The monoisotopic (exact) mass is 372 g/mol. The molecule has 2 amide bonds. The van der Waals surface area contributed by atoms with Crippen molar-refractivity contribution in [1.82, 2.24) is 19.4 Å². The van der Waals surface area contributed by atoms with Crippen LogP contribution < -0.4 is 0 Å². The van der Waals surface area contributed by atoms with Gasteiger partial charge in [0.05, 0.1) is 31.0 Å². The Morgan fingerprint density at radius 1 is 1.48 bits per heavy atom. The lowest BCUT2D eigenvalue weighted by molar-refractivity contribution is -0.142. The number of hydrogen-bond donors (Lipinski definition) is 0. The molecule has 0 aliphatic carbocycles. The fourth-order valence-electron chi connectivity index (χ4n) is 4.56. The molecule has 0 unspecified atom stereocenters. The molecule has 0 N–H and O–H groups in total. The van der Waals surface area contributed by atoms with Gasteiger partial charge in [-0.05, 0) is 12.3 Å². The van der Waals surface area contributed by atoms with Crippen molar-refractivity contribution in [3.05, 3.63) is 30.4 Å². The highest BCUT2D eigenvalue weighted by atomic mass is 16.5. The number of rotatable bonds is 6. The number of imidazole rings is 1. The zero-order valence-corrected chi connectivity index (χ0v) is 16.5. The van der Waals surface area contributed by atoms with Gasteiger partial charge in [-0.15, -0.1) is 0 Å². The molecule has 7 nitrogen and oxygen atoms in total. The summed E-state index contributed by atoms with van der Waals surface area (Å²) in [6.45, 7) is 6.01. The van der Waals surface area contributed by atoms with Crippen LogP contribution in [-0.4, -0.2) is 63.0 Å². The van der Waals surface area contributed by atoms with E-state index in [1.807, 2.05) is 34.9 Å². The maximum absolute atomic E-state index is 13.2. The van der Waals surface area contributed by atoms with E-state index >= 15 is 0 Å². The van der Waals surface area contributed by atoms with Gasteiger partial charge in [0, 0.05) is 33.0 Å². The summed E-state index contributed by atoms with van der Waals surface area (Å²) < 4.78 is 8.09. The SMILES string of the molecule is CC(C)CCN1C[C@]23C=C[C@H](O2)[C@H](C(=O)N(C)Cc2nccn2C)[C@@H]3C1=O. The highest BCUT2D eigenvalue weighted by Crippen LogP contribution is 2.52. The van der Waals surface area contributed by atoms with Crippen LogP contribution in [0.4, 0.5) is 0 Å². The average molecular weight is 372 g/mol. The predicted molar refractivity (Wildman–Crippen MR) is 99.4 cm³/mol. The van der Waals surface area contributed by atoms with Crippen molar-refractivity contribution in [2.75, 3.05) is 20.1 Å². The third kappa shape index (κ3) is 2.88. The number of aryl methyl sites for hydroxylation is 1. The number of carbonyl (C=O) groups is 2. The van der Waals surface area contributed by atoms with Crippen molar-refractivity contribution in [1.29, 1.82) is 0 Å². The van der Waals surface area contributed by atoms with E-state index in [2.05, 4.69) is 18.8 Å². The highest BCUT2D eigenvalue weighted by Gasteiger charge is 2.66. The molecule has 7 heteroatoms. The lowest BCUT2D eigenvalue weighted by atomic mass is 9.76. The highest BCUT2D eigenvalue weighted by molar-refractivity contribution is 5.92. The van der Waals surface area contributed by atoms with Gasteiger partial charge in [0.1, 0.15) is 11.4 Å². The summed E-state index contributed by atoms with van der Waals surface area (Å²) in [5.41, 5.74) is -0.622. The quantitative estimate of drug-likeness (QED) is 0.704. The lowest BCUT2D eigenvalue weighted by Crippen LogP contribution is -2.44. The van der Waals surface area contributed by atoms with Crippen molar-refractivity contribution in [3.8, 4) is 0 Å². The van der Waals surface area contributed by atoms with Crippen LogP contribution in [0, 0.1) is 17.8 Å². The largest absolute Gasteiger partial charge is 0.360 e. The zero-order valence-electron chi connectivity index (χ0n) is 16.5. The number of amides is 2. The molecular weight excluding hydrogens is 344 g/mol. The summed E-state index contributed by atoms with van der Waals surface area (Å²) >= 11 is 0. The minimum Gasteiger partial charge on any atom is -0.360 e. The molecule has 0 saturated carbocycles. The molecule has 0 radical (unpaired) electrons. The molecule has 1 aromatic rings. The molecule has 27 heavy (non-hydrogen) atoms. The number of fused-ring (bicyclic) bond motifs is 1. The minimum atomic E-state index is -0.622. The Balaban J connectivity index is 1.52. The third-order valence-electron chi connectivity index (χ3n) is 6.12. The summed E-state index contributed by atoms with van der Waals surface area (Å²) in [5.74, 6) is 0.513. The molecule has 2 bridgehead atoms. The third-order valence-corrected chi connectivity index (χ3v) is 6.12. The second kappa shape index (κ2) is 6.48. The Morgan fingerprint density at radius 2 is 2.26 bits per heavy atom. The summed E-state index contributed by atoms with van der Waals surface area (Å²) in [4.78, 5) is 34.2. The Labute approximate surface area is 160 Å². The number of ether oxygens (including phenoxy) is 1. The van der Waals surface area contributed by atoms with E-state index in [0.29, 0.717) is 19.0 Å². The van der Waals surface area contributed by atoms with Gasteiger partial charge in [0.25, 0.3) is 0 Å². The first kappa shape index (κ1) is 18.2. The number of carbonyl (C=O) groups excluding carboxylic acids is 2. The molecule has 3 aliphatic rings. The molecule has 3 aliphatic heterocycles. The fourth-order valence-corrected chi connectivity index (χ4v) is 4.56. The van der Waals surface area contributed by atoms with Gasteiger partial charge in [0.15, 0.2) is 0 Å². The number of likely N-dealkylation sites (tertiary alicyclic amines) is 1. The van der Waals surface area contributed by atoms with Gasteiger partial charge in [-0.1, -0.05) is 26.0 Å². The second-order valence-electron chi connectivity index (χ2n) is 8.49. The van der Waals surface area contributed by atoms with Crippen LogP contribution in [0.25, 0.3) is 0 Å². The molecule has 4 rings (SSSR count). The Morgan fingerprint density at radius 3 is 2.93 bits per heavy atom. The van der Waals surface area contributed by atoms with E-state index < -0.39 is 17.4 Å². The minimum absolute atomic E-state index is 0.0433. The van der Waals surface area contributed by atoms with E-state index in [1.54, 1.807) is 18.1 Å². The van der Waals surface area contributed by atoms with Gasteiger partial charge in [-0.25, -0.2) is 4.98 Å². The second-order valence-corrected chi connectivity index (χ2v) is 8.49. The van der Waals surface area contributed by atoms with Crippen molar-refractivity contribution < 1.29 is 14.3 Å². The summed E-state index contributed by atoms with van der Waals surface area (Å²) in [6, 6.07) is 0. The number of aromatic nitrogens is 2. The van der Waals surface area contributed by atoms with E-state index in [0.717, 1.165) is 18.8 Å². The topological polar surface area (TPSA) is 67.7 Å². The van der Waals surface area contributed by atoms with E-state index in [1.165, 1.54) is 0 Å². The predicted octanol–water partition coefficient (Wildman–Crippen LogP) is 1.21.